The normalized spacial score (nSPS) is 19.3. The number of ether oxygens (including phenoxy) is 1. The molecule has 0 amide bonds. The van der Waals surface area contributed by atoms with Gasteiger partial charge in [-0.3, -0.25) is 4.90 Å². The third kappa shape index (κ3) is 4.22. The molecule has 1 aliphatic rings. The minimum absolute atomic E-state index is 0.564. The van der Waals surface area contributed by atoms with Crippen LogP contribution < -0.4 is 10.1 Å². The highest BCUT2D eigenvalue weighted by molar-refractivity contribution is 5.28. The number of methoxy groups -OCH3 is 1. The van der Waals surface area contributed by atoms with Crippen LogP contribution in [0, 0.1) is 0 Å². The second kappa shape index (κ2) is 6.92. The molecule has 106 valence electrons. The van der Waals surface area contributed by atoms with Crippen molar-refractivity contribution in [1.29, 1.82) is 0 Å². The van der Waals surface area contributed by atoms with E-state index in [4.69, 9.17) is 4.74 Å². The molecule has 1 saturated heterocycles. The largest absolute Gasteiger partial charge is 0.497 e. The fraction of sp³-hybridized carbons (Fsp3) is 0.625. The maximum absolute atomic E-state index is 5.30. The molecule has 0 spiro atoms. The van der Waals surface area contributed by atoms with Gasteiger partial charge in [0.05, 0.1) is 7.11 Å². The molecule has 2 rings (SSSR count). The Morgan fingerprint density at radius 1 is 1.42 bits per heavy atom. The standard InChI is InChI=1S/C16H26N2O/c1-13(2)18(12-15-7-5-9-17-15)11-14-6-4-8-16(10-14)19-3/h4,6,8,10,13,15,17H,5,7,9,11-12H2,1-3H3. The monoisotopic (exact) mass is 262 g/mol. The third-order valence-electron chi connectivity index (χ3n) is 3.87. The first kappa shape index (κ1) is 14.4. The van der Waals surface area contributed by atoms with Crippen LogP contribution in [-0.2, 0) is 6.54 Å². The highest BCUT2D eigenvalue weighted by Crippen LogP contribution is 2.17. The third-order valence-corrected chi connectivity index (χ3v) is 3.87. The van der Waals surface area contributed by atoms with Gasteiger partial charge in [-0.15, -0.1) is 0 Å². The average molecular weight is 262 g/mol. The molecule has 1 aromatic carbocycles. The molecular formula is C16H26N2O. The molecule has 1 aromatic rings. The molecule has 3 nitrogen and oxygen atoms in total. The highest BCUT2D eigenvalue weighted by atomic mass is 16.5. The number of hydrogen-bond donors (Lipinski definition) is 1. The van der Waals surface area contributed by atoms with Crippen molar-refractivity contribution in [1.82, 2.24) is 10.2 Å². The van der Waals surface area contributed by atoms with Crippen LogP contribution in [0.3, 0.4) is 0 Å². The molecule has 3 heteroatoms. The Morgan fingerprint density at radius 3 is 2.89 bits per heavy atom. The van der Waals surface area contributed by atoms with Crippen molar-refractivity contribution in [2.75, 3.05) is 20.2 Å². The first-order valence-electron chi connectivity index (χ1n) is 7.29. The van der Waals surface area contributed by atoms with Crippen LogP contribution in [0.5, 0.6) is 5.75 Å². The minimum atomic E-state index is 0.564. The molecule has 0 aromatic heterocycles. The van der Waals surface area contributed by atoms with Crippen molar-refractivity contribution in [2.45, 2.75) is 45.3 Å². The van der Waals surface area contributed by atoms with Crippen LogP contribution in [0.1, 0.15) is 32.3 Å². The molecule has 0 radical (unpaired) electrons. The Hall–Kier alpha value is -1.06. The first-order chi connectivity index (χ1) is 9.19. The topological polar surface area (TPSA) is 24.5 Å². The van der Waals surface area contributed by atoms with E-state index in [-0.39, 0.29) is 0 Å². The second-order valence-electron chi connectivity index (χ2n) is 5.67. The quantitative estimate of drug-likeness (QED) is 0.853. The average Bonchev–Trinajstić information content (AvgIpc) is 2.91. The first-order valence-corrected chi connectivity index (χ1v) is 7.29. The molecule has 1 atom stereocenters. The van der Waals surface area contributed by atoms with Gasteiger partial charge in [-0.2, -0.15) is 0 Å². The molecule has 1 aliphatic heterocycles. The fourth-order valence-electron chi connectivity index (χ4n) is 2.66. The van der Waals surface area contributed by atoms with Gasteiger partial charge in [-0.1, -0.05) is 12.1 Å². The van der Waals surface area contributed by atoms with Gasteiger partial charge in [-0.05, 0) is 50.9 Å². The second-order valence-corrected chi connectivity index (χ2v) is 5.67. The Morgan fingerprint density at radius 2 is 2.26 bits per heavy atom. The predicted molar refractivity (Wildman–Crippen MR) is 79.6 cm³/mol. The van der Waals surface area contributed by atoms with Crippen LogP contribution in [-0.4, -0.2) is 37.2 Å². The van der Waals surface area contributed by atoms with Gasteiger partial charge in [0, 0.05) is 25.2 Å². The van der Waals surface area contributed by atoms with Crippen molar-refractivity contribution < 1.29 is 4.74 Å². The Kier molecular flexibility index (Phi) is 5.23. The molecule has 0 saturated carbocycles. The lowest BCUT2D eigenvalue weighted by Crippen LogP contribution is -2.40. The highest BCUT2D eigenvalue weighted by Gasteiger charge is 2.19. The van der Waals surface area contributed by atoms with E-state index >= 15 is 0 Å². The van der Waals surface area contributed by atoms with Gasteiger partial charge in [0.15, 0.2) is 0 Å². The zero-order valence-corrected chi connectivity index (χ0v) is 12.4. The maximum atomic E-state index is 5.30. The van der Waals surface area contributed by atoms with E-state index in [9.17, 15) is 0 Å². The summed E-state index contributed by atoms with van der Waals surface area (Å²) in [6, 6.07) is 9.61. The van der Waals surface area contributed by atoms with Gasteiger partial charge < -0.3 is 10.1 Å². The summed E-state index contributed by atoms with van der Waals surface area (Å²) in [4.78, 5) is 2.54. The van der Waals surface area contributed by atoms with Crippen molar-refractivity contribution in [3.05, 3.63) is 29.8 Å². The summed E-state index contributed by atoms with van der Waals surface area (Å²) in [5.74, 6) is 0.945. The van der Waals surface area contributed by atoms with Crippen LogP contribution in [0.4, 0.5) is 0 Å². The van der Waals surface area contributed by atoms with E-state index < -0.39 is 0 Å². The Balaban J connectivity index is 1.98. The molecule has 0 bridgehead atoms. The van der Waals surface area contributed by atoms with E-state index in [1.54, 1.807) is 7.11 Å². The minimum Gasteiger partial charge on any atom is -0.497 e. The van der Waals surface area contributed by atoms with Crippen LogP contribution in [0.15, 0.2) is 24.3 Å². The summed E-state index contributed by atoms with van der Waals surface area (Å²) >= 11 is 0. The lowest BCUT2D eigenvalue weighted by Gasteiger charge is -2.29. The zero-order chi connectivity index (χ0) is 13.7. The predicted octanol–water partition coefficient (Wildman–Crippen LogP) is 2.66. The van der Waals surface area contributed by atoms with Gasteiger partial charge in [-0.25, -0.2) is 0 Å². The van der Waals surface area contributed by atoms with E-state index in [0.29, 0.717) is 12.1 Å². The molecule has 1 N–H and O–H groups in total. The molecule has 19 heavy (non-hydrogen) atoms. The summed E-state index contributed by atoms with van der Waals surface area (Å²) in [7, 11) is 1.72. The van der Waals surface area contributed by atoms with Crippen LogP contribution in [0.2, 0.25) is 0 Å². The van der Waals surface area contributed by atoms with Crippen molar-refractivity contribution >= 4 is 0 Å². The fourth-order valence-corrected chi connectivity index (χ4v) is 2.66. The summed E-state index contributed by atoms with van der Waals surface area (Å²) < 4.78 is 5.30. The summed E-state index contributed by atoms with van der Waals surface area (Å²) in [5.41, 5.74) is 1.33. The van der Waals surface area contributed by atoms with E-state index in [1.807, 2.05) is 6.07 Å². The Labute approximate surface area is 116 Å². The number of hydrogen-bond acceptors (Lipinski definition) is 3. The van der Waals surface area contributed by atoms with Crippen molar-refractivity contribution in [3.63, 3.8) is 0 Å². The molecule has 0 aliphatic carbocycles. The number of benzene rings is 1. The molecule has 1 heterocycles. The van der Waals surface area contributed by atoms with Gasteiger partial charge in [0.25, 0.3) is 0 Å². The number of nitrogens with one attached hydrogen (secondary N) is 1. The van der Waals surface area contributed by atoms with Crippen molar-refractivity contribution in [3.8, 4) is 5.75 Å². The summed E-state index contributed by atoms with van der Waals surface area (Å²) in [6.45, 7) is 7.85. The molecule has 1 unspecified atom stereocenters. The SMILES string of the molecule is COc1cccc(CN(CC2CCCN2)C(C)C)c1. The van der Waals surface area contributed by atoms with Gasteiger partial charge in [0.1, 0.15) is 5.75 Å². The number of nitrogens with zero attached hydrogens (tertiary/aromatic N) is 1. The van der Waals surface area contributed by atoms with Gasteiger partial charge in [0.2, 0.25) is 0 Å². The smallest absolute Gasteiger partial charge is 0.119 e. The Bertz CT molecular complexity index is 386. The van der Waals surface area contributed by atoms with E-state index in [1.165, 1.54) is 24.9 Å². The van der Waals surface area contributed by atoms with Crippen LogP contribution >= 0.6 is 0 Å². The summed E-state index contributed by atoms with van der Waals surface area (Å²) in [5, 5.41) is 3.58. The zero-order valence-electron chi connectivity index (χ0n) is 12.4. The molecular weight excluding hydrogens is 236 g/mol. The maximum Gasteiger partial charge on any atom is 0.119 e. The van der Waals surface area contributed by atoms with Crippen LogP contribution in [0.25, 0.3) is 0 Å². The van der Waals surface area contributed by atoms with Crippen molar-refractivity contribution in [2.24, 2.45) is 0 Å². The molecule has 1 fully saturated rings. The lowest BCUT2D eigenvalue weighted by molar-refractivity contribution is 0.194. The van der Waals surface area contributed by atoms with Gasteiger partial charge >= 0.3 is 0 Å². The lowest BCUT2D eigenvalue weighted by atomic mass is 10.1. The van der Waals surface area contributed by atoms with E-state index in [0.717, 1.165) is 18.8 Å². The number of rotatable bonds is 6. The summed E-state index contributed by atoms with van der Waals surface area (Å²) in [6.07, 6.45) is 2.62. The van der Waals surface area contributed by atoms with E-state index in [2.05, 4.69) is 42.3 Å².